The second kappa shape index (κ2) is 4.80. The van der Waals surface area contributed by atoms with Gasteiger partial charge in [-0.1, -0.05) is 38.8 Å². The van der Waals surface area contributed by atoms with Crippen molar-refractivity contribution in [2.75, 3.05) is 7.05 Å². The van der Waals surface area contributed by atoms with Crippen molar-refractivity contribution in [2.45, 2.75) is 52.0 Å². The number of rotatable bonds is 4. The molecule has 0 heterocycles. The van der Waals surface area contributed by atoms with Crippen molar-refractivity contribution in [1.29, 1.82) is 0 Å². The molecule has 1 nitrogen and oxygen atoms in total. The van der Waals surface area contributed by atoms with E-state index < -0.39 is 0 Å². The van der Waals surface area contributed by atoms with Crippen LogP contribution in [0.15, 0.2) is 12.2 Å². The third-order valence-electron chi connectivity index (χ3n) is 3.20. The summed E-state index contributed by atoms with van der Waals surface area (Å²) in [6.45, 7) is 4.70. The minimum Gasteiger partial charge on any atom is -0.314 e. The average molecular weight is 181 g/mol. The molecular weight excluding hydrogens is 158 g/mol. The first-order valence-corrected chi connectivity index (χ1v) is 5.54. The minimum absolute atomic E-state index is 0.554. The lowest BCUT2D eigenvalue weighted by Crippen LogP contribution is -2.33. The topological polar surface area (TPSA) is 12.0 Å². The summed E-state index contributed by atoms with van der Waals surface area (Å²) < 4.78 is 0. The van der Waals surface area contributed by atoms with Gasteiger partial charge in [-0.2, -0.15) is 0 Å². The molecule has 0 amide bonds. The summed E-state index contributed by atoms with van der Waals surface area (Å²) in [5.41, 5.74) is 0.554. The van der Waals surface area contributed by atoms with Gasteiger partial charge in [-0.3, -0.25) is 0 Å². The van der Waals surface area contributed by atoms with Crippen LogP contribution in [0.1, 0.15) is 46.0 Å². The quantitative estimate of drug-likeness (QED) is 0.657. The summed E-state index contributed by atoms with van der Waals surface area (Å²) in [6, 6.07) is 0.607. The van der Waals surface area contributed by atoms with E-state index in [0.29, 0.717) is 11.5 Å². The van der Waals surface area contributed by atoms with Crippen LogP contribution in [0.3, 0.4) is 0 Å². The molecule has 0 radical (unpaired) electrons. The molecule has 1 aliphatic carbocycles. The third-order valence-corrected chi connectivity index (χ3v) is 3.20. The smallest absolute Gasteiger partial charge is 0.0252 e. The van der Waals surface area contributed by atoms with E-state index in [1.54, 1.807) is 0 Å². The van der Waals surface area contributed by atoms with Crippen molar-refractivity contribution in [3.63, 3.8) is 0 Å². The summed E-state index contributed by atoms with van der Waals surface area (Å²) in [6.07, 6.45) is 11.3. The second-order valence-corrected chi connectivity index (χ2v) is 4.65. The second-order valence-electron chi connectivity index (χ2n) is 4.65. The first kappa shape index (κ1) is 10.8. The van der Waals surface area contributed by atoms with Gasteiger partial charge in [-0.15, -0.1) is 0 Å². The van der Waals surface area contributed by atoms with Crippen molar-refractivity contribution in [3.05, 3.63) is 12.2 Å². The molecular formula is C12H23N. The largest absolute Gasteiger partial charge is 0.314 e. The van der Waals surface area contributed by atoms with Gasteiger partial charge < -0.3 is 5.32 Å². The van der Waals surface area contributed by atoms with Gasteiger partial charge in [0, 0.05) is 6.04 Å². The maximum absolute atomic E-state index is 3.35. The predicted octanol–water partition coefficient (Wildman–Crippen LogP) is 3.12. The van der Waals surface area contributed by atoms with Crippen molar-refractivity contribution < 1.29 is 0 Å². The Labute approximate surface area is 82.6 Å². The van der Waals surface area contributed by atoms with Crippen LogP contribution in [-0.4, -0.2) is 13.1 Å². The van der Waals surface area contributed by atoms with Gasteiger partial charge in [-0.25, -0.2) is 0 Å². The molecule has 0 spiro atoms. The molecule has 1 aliphatic rings. The molecule has 0 saturated carbocycles. The van der Waals surface area contributed by atoms with Gasteiger partial charge >= 0.3 is 0 Å². The van der Waals surface area contributed by atoms with Crippen LogP contribution in [0, 0.1) is 5.41 Å². The van der Waals surface area contributed by atoms with E-state index >= 15 is 0 Å². The van der Waals surface area contributed by atoms with Gasteiger partial charge in [0.1, 0.15) is 0 Å². The summed E-state index contributed by atoms with van der Waals surface area (Å²) in [5, 5.41) is 3.35. The standard InChI is InChI=1S/C12H23N/c1-4-5-8-12(2)9-6-7-11(10-12)13-3/h6-7,11,13H,4-5,8-10H2,1-3H3. The normalized spacial score (nSPS) is 33.6. The van der Waals surface area contributed by atoms with E-state index in [4.69, 9.17) is 0 Å². The van der Waals surface area contributed by atoms with Crippen LogP contribution in [0.2, 0.25) is 0 Å². The average Bonchev–Trinajstić information content (AvgIpc) is 2.15. The number of likely N-dealkylation sites (N-methyl/N-ethyl adjacent to an activating group) is 1. The van der Waals surface area contributed by atoms with E-state index in [0.717, 1.165) is 0 Å². The highest BCUT2D eigenvalue weighted by molar-refractivity contribution is 5.03. The third kappa shape index (κ3) is 3.15. The molecule has 0 aromatic carbocycles. The summed E-state index contributed by atoms with van der Waals surface area (Å²) in [5.74, 6) is 0. The Balaban J connectivity index is 2.45. The Hall–Kier alpha value is -0.300. The van der Waals surface area contributed by atoms with E-state index in [2.05, 4.69) is 38.4 Å². The van der Waals surface area contributed by atoms with Crippen molar-refractivity contribution in [3.8, 4) is 0 Å². The first-order valence-electron chi connectivity index (χ1n) is 5.54. The Kier molecular flexibility index (Phi) is 3.98. The van der Waals surface area contributed by atoms with E-state index in [1.165, 1.54) is 32.1 Å². The Bertz CT molecular complexity index is 174. The molecule has 0 aromatic heterocycles. The Morgan fingerprint density at radius 3 is 2.92 bits per heavy atom. The lowest BCUT2D eigenvalue weighted by molar-refractivity contribution is 0.237. The molecule has 0 saturated heterocycles. The fourth-order valence-corrected chi connectivity index (χ4v) is 2.21. The van der Waals surface area contributed by atoms with E-state index in [9.17, 15) is 0 Å². The van der Waals surface area contributed by atoms with Gasteiger partial charge in [0.2, 0.25) is 0 Å². The molecule has 1 heteroatoms. The summed E-state index contributed by atoms with van der Waals surface area (Å²) in [7, 11) is 2.06. The SMILES string of the molecule is CCCCC1(C)CC=CC(NC)C1. The lowest BCUT2D eigenvalue weighted by Gasteiger charge is -2.34. The molecule has 1 rings (SSSR count). The first-order chi connectivity index (χ1) is 6.20. The zero-order valence-electron chi connectivity index (χ0n) is 9.27. The molecule has 2 unspecified atom stereocenters. The monoisotopic (exact) mass is 181 g/mol. The van der Waals surface area contributed by atoms with Gasteiger partial charge in [-0.05, 0) is 31.7 Å². The van der Waals surface area contributed by atoms with Gasteiger partial charge in [0.15, 0.2) is 0 Å². The summed E-state index contributed by atoms with van der Waals surface area (Å²) in [4.78, 5) is 0. The van der Waals surface area contributed by atoms with Crippen LogP contribution < -0.4 is 5.32 Å². The number of hydrogen-bond donors (Lipinski definition) is 1. The lowest BCUT2D eigenvalue weighted by atomic mass is 9.73. The number of nitrogens with one attached hydrogen (secondary N) is 1. The molecule has 13 heavy (non-hydrogen) atoms. The fraction of sp³-hybridized carbons (Fsp3) is 0.833. The van der Waals surface area contributed by atoms with Crippen LogP contribution >= 0.6 is 0 Å². The van der Waals surface area contributed by atoms with Crippen LogP contribution in [0.5, 0.6) is 0 Å². The van der Waals surface area contributed by atoms with Crippen molar-refractivity contribution in [2.24, 2.45) is 5.41 Å². The Morgan fingerprint density at radius 1 is 1.54 bits per heavy atom. The zero-order chi connectivity index (χ0) is 9.73. The van der Waals surface area contributed by atoms with Gasteiger partial charge in [0.25, 0.3) is 0 Å². The van der Waals surface area contributed by atoms with E-state index in [-0.39, 0.29) is 0 Å². The highest BCUT2D eigenvalue weighted by Crippen LogP contribution is 2.36. The number of unbranched alkanes of at least 4 members (excludes halogenated alkanes) is 1. The molecule has 0 aromatic rings. The highest BCUT2D eigenvalue weighted by atomic mass is 14.9. The maximum Gasteiger partial charge on any atom is 0.0252 e. The van der Waals surface area contributed by atoms with Crippen molar-refractivity contribution >= 4 is 0 Å². The molecule has 1 N–H and O–H groups in total. The van der Waals surface area contributed by atoms with Gasteiger partial charge in [0.05, 0.1) is 0 Å². The molecule has 0 aliphatic heterocycles. The fourth-order valence-electron chi connectivity index (χ4n) is 2.21. The molecule has 0 bridgehead atoms. The highest BCUT2D eigenvalue weighted by Gasteiger charge is 2.27. The maximum atomic E-state index is 3.35. The van der Waals surface area contributed by atoms with Crippen molar-refractivity contribution in [1.82, 2.24) is 5.32 Å². The molecule has 2 atom stereocenters. The Morgan fingerprint density at radius 2 is 2.31 bits per heavy atom. The van der Waals surface area contributed by atoms with Crippen LogP contribution in [0.4, 0.5) is 0 Å². The van der Waals surface area contributed by atoms with E-state index in [1.807, 2.05) is 0 Å². The molecule has 76 valence electrons. The number of hydrogen-bond acceptors (Lipinski definition) is 1. The summed E-state index contributed by atoms with van der Waals surface area (Å²) >= 11 is 0. The zero-order valence-corrected chi connectivity index (χ0v) is 9.27. The van der Waals surface area contributed by atoms with Crippen LogP contribution in [-0.2, 0) is 0 Å². The van der Waals surface area contributed by atoms with Crippen LogP contribution in [0.25, 0.3) is 0 Å². The molecule has 0 fully saturated rings. The predicted molar refractivity (Wildman–Crippen MR) is 58.9 cm³/mol. The number of allylic oxidation sites excluding steroid dienone is 1. The minimum atomic E-state index is 0.554.